The number of para-hydroxylation sites is 3. The van der Waals surface area contributed by atoms with Crippen LogP contribution in [0.3, 0.4) is 0 Å². The predicted octanol–water partition coefficient (Wildman–Crippen LogP) is 5.96. The number of fused-ring (bicyclic) bond motifs is 3. The second-order valence-corrected chi connectivity index (χ2v) is 8.75. The number of anilines is 2. The lowest BCUT2D eigenvalue weighted by Gasteiger charge is -2.32. The number of allylic oxidation sites excluding steroid dienone is 2. The summed E-state index contributed by atoms with van der Waals surface area (Å²) < 4.78 is 6.23. The van der Waals surface area contributed by atoms with Crippen LogP contribution in [0.15, 0.2) is 120 Å². The fraction of sp³-hybridized carbons (Fsp3) is 0.0667. The zero-order valence-electron chi connectivity index (χ0n) is 19.1. The minimum absolute atomic E-state index is 0.246. The molecule has 4 nitrogen and oxygen atoms in total. The second-order valence-electron chi connectivity index (χ2n) is 8.75. The molecule has 5 heteroatoms. The van der Waals surface area contributed by atoms with Gasteiger partial charge in [-0.15, -0.1) is 0 Å². The van der Waals surface area contributed by atoms with Crippen molar-refractivity contribution < 1.29 is 14.5 Å². The van der Waals surface area contributed by atoms with Gasteiger partial charge in [0.1, 0.15) is 11.2 Å². The first-order chi connectivity index (χ1) is 17.2. The molecule has 5 aromatic rings. The maximum atomic E-state index is 9.80. The SMILES string of the molecule is OB(O)c1cccc2c1oc1c(-c3ccc(N(c4ccccc4)C4C=CC=CC4)cc3)cccc12. The Kier molecular flexibility index (Phi) is 5.49. The molecule has 0 spiro atoms. The molecule has 0 radical (unpaired) electrons. The third-order valence-electron chi connectivity index (χ3n) is 6.61. The van der Waals surface area contributed by atoms with E-state index in [1.165, 1.54) is 0 Å². The van der Waals surface area contributed by atoms with Gasteiger partial charge >= 0.3 is 7.12 Å². The molecule has 1 aliphatic rings. The number of rotatable bonds is 5. The molecule has 0 amide bonds. The summed E-state index contributed by atoms with van der Waals surface area (Å²) in [7, 11) is -1.59. The van der Waals surface area contributed by atoms with Gasteiger partial charge in [0.2, 0.25) is 0 Å². The molecular formula is C30H24BNO3. The molecule has 6 rings (SSSR count). The summed E-state index contributed by atoms with van der Waals surface area (Å²) >= 11 is 0. The Bertz CT molecular complexity index is 1550. The molecule has 1 aliphatic carbocycles. The van der Waals surface area contributed by atoms with Crippen molar-refractivity contribution in [3.05, 3.63) is 115 Å². The van der Waals surface area contributed by atoms with E-state index in [1.807, 2.05) is 36.4 Å². The van der Waals surface area contributed by atoms with Crippen LogP contribution in [-0.4, -0.2) is 23.2 Å². The summed E-state index contributed by atoms with van der Waals surface area (Å²) in [5.74, 6) is 0. The topological polar surface area (TPSA) is 56.8 Å². The average molecular weight is 457 g/mol. The molecule has 0 fully saturated rings. The third-order valence-corrected chi connectivity index (χ3v) is 6.61. The highest BCUT2D eigenvalue weighted by atomic mass is 16.4. The van der Waals surface area contributed by atoms with Crippen LogP contribution in [0.25, 0.3) is 33.1 Å². The van der Waals surface area contributed by atoms with Gasteiger partial charge < -0.3 is 19.4 Å². The molecule has 0 saturated carbocycles. The highest BCUT2D eigenvalue weighted by Crippen LogP contribution is 2.37. The van der Waals surface area contributed by atoms with E-state index in [9.17, 15) is 10.0 Å². The van der Waals surface area contributed by atoms with E-state index in [4.69, 9.17) is 4.42 Å². The van der Waals surface area contributed by atoms with Crippen molar-refractivity contribution in [1.82, 2.24) is 0 Å². The zero-order valence-corrected chi connectivity index (χ0v) is 19.1. The standard InChI is InChI=1S/C30H24BNO3/c33-31(34)28-16-8-15-27-26-14-7-13-25(29(26)35-30(27)28)21-17-19-24(20-18-21)32(22-9-3-1-4-10-22)23-11-5-2-6-12-23/h1-11,13-20,23,33-34H,12H2. The number of furan rings is 1. The summed E-state index contributed by atoms with van der Waals surface area (Å²) in [6, 6.07) is 30.8. The van der Waals surface area contributed by atoms with Gasteiger partial charge in [-0.1, -0.05) is 91.0 Å². The summed E-state index contributed by atoms with van der Waals surface area (Å²) in [4.78, 5) is 2.36. The van der Waals surface area contributed by atoms with Crippen LogP contribution in [-0.2, 0) is 0 Å². The van der Waals surface area contributed by atoms with Crippen molar-refractivity contribution in [3.8, 4) is 11.1 Å². The quantitative estimate of drug-likeness (QED) is 0.320. The fourth-order valence-corrected chi connectivity index (χ4v) is 4.95. The minimum atomic E-state index is -1.59. The second kappa shape index (κ2) is 8.95. The smallest absolute Gasteiger partial charge is 0.456 e. The van der Waals surface area contributed by atoms with Gasteiger partial charge in [0.25, 0.3) is 0 Å². The molecule has 0 bridgehead atoms. The molecule has 4 aromatic carbocycles. The molecule has 1 unspecified atom stereocenters. The van der Waals surface area contributed by atoms with E-state index >= 15 is 0 Å². The van der Waals surface area contributed by atoms with Crippen molar-refractivity contribution >= 4 is 45.9 Å². The van der Waals surface area contributed by atoms with Crippen molar-refractivity contribution in [2.75, 3.05) is 4.90 Å². The summed E-state index contributed by atoms with van der Waals surface area (Å²) in [5.41, 5.74) is 5.89. The van der Waals surface area contributed by atoms with Crippen LogP contribution >= 0.6 is 0 Å². The van der Waals surface area contributed by atoms with E-state index in [2.05, 4.69) is 77.7 Å². The number of benzene rings is 4. The van der Waals surface area contributed by atoms with Gasteiger partial charge in [-0.3, -0.25) is 0 Å². The van der Waals surface area contributed by atoms with Crippen LogP contribution in [0.5, 0.6) is 0 Å². The molecule has 2 N–H and O–H groups in total. The first kappa shape index (κ1) is 21.5. The first-order valence-corrected chi connectivity index (χ1v) is 11.8. The molecule has 1 heterocycles. The Hall–Kier alpha value is -4.06. The van der Waals surface area contributed by atoms with Gasteiger partial charge in [0.15, 0.2) is 0 Å². The number of nitrogens with zero attached hydrogens (tertiary/aromatic N) is 1. The predicted molar refractivity (Wildman–Crippen MR) is 144 cm³/mol. The molecule has 0 saturated heterocycles. The lowest BCUT2D eigenvalue weighted by molar-refractivity contribution is 0.425. The van der Waals surface area contributed by atoms with Crippen molar-refractivity contribution in [1.29, 1.82) is 0 Å². The lowest BCUT2D eigenvalue weighted by Crippen LogP contribution is -2.29. The van der Waals surface area contributed by atoms with Gasteiger partial charge in [0, 0.05) is 33.2 Å². The lowest BCUT2D eigenvalue weighted by atomic mass is 9.79. The van der Waals surface area contributed by atoms with Crippen LogP contribution in [0.4, 0.5) is 11.4 Å². The Morgan fingerprint density at radius 3 is 2.14 bits per heavy atom. The molecule has 35 heavy (non-hydrogen) atoms. The van der Waals surface area contributed by atoms with E-state index in [-0.39, 0.29) is 6.04 Å². The number of hydrogen-bond donors (Lipinski definition) is 2. The van der Waals surface area contributed by atoms with Crippen molar-refractivity contribution in [2.45, 2.75) is 12.5 Å². The van der Waals surface area contributed by atoms with Crippen LogP contribution in [0, 0.1) is 0 Å². The Balaban J connectivity index is 1.43. The summed E-state index contributed by atoms with van der Waals surface area (Å²) in [6.45, 7) is 0. The van der Waals surface area contributed by atoms with E-state index < -0.39 is 7.12 Å². The van der Waals surface area contributed by atoms with Crippen molar-refractivity contribution in [2.24, 2.45) is 0 Å². The monoisotopic (exact) mass is 457 g/mol. The molecule has 1 aromatic heterocycles. The maximum Gasteiger partial charge on any atom is 0.492 e. The summed E-state index contributed by atoms with van der Waals surface area (Å²) in [6.07, 6.45) is 9.60. The molecule has 1 atom stereocenters. The first-order valence-electron chi connectivity index (χ1n) is 11.8. The number of hydrogen-bond acceptors (Lipinski definition) is 4. The van der Waals surface area contributed by atoms with Gasteiger partial charge in [-0.25, -0.2) is 0 Å². The molecular weight excluding hydrogens is 433 g/mol. The Labute approximate surface area is 204 Å². The third kappa shape index (κ3) is 3.85. The van der Waals surface area contributed by atoms with Crippen molar-refractivity contribution in [3.63, 3.8) is 0 Å². The van der Waals surface area contributed by atoms with Gasteiger partial charge in [0.05, 0.1) is 6.04 Å². The zero-order chi connectivity index (χ0) is 23.8. The van der Waals surface area contributed by atoms with Crippen LogP contribution < -0.4 is 10.4 Å². The largest absolute Gasteiger partial charge is 0.492 e. The minimum Gasteiger partial charge on any atom is -0.456 e. The average Bonchev–Trinajstić information content (AvgIpc) is 3.29. The molecule has 0 aliphatic heterocycles. The highest BCUT2D eigenvalue weighted by Gasteiger charge is 2.21. The normalized spacial score (nSPS) is 15.1. The van der Waals surface area contributed by atoms with E-state index in [1.54, 1.807) is 6.07 Å². The van der Waals surface area contributed by atoms with E-state index in [0.29, 0.717) is 11.0 Å². The maximum absolute atomic E-state index is 9.80. The highest BCUT2D eigenvalue weighted by molar-refractivity contribution is 6.61. The van der Waals surface area contributed by atoms with Crippen LogP contribution in [0.1, 0.15) is 6.42 Å². The molecule has 170 valence electrons. The summed E-state index contributed by atoms with van der Waals surface area (Å²) in [5, 5.41) is 21.4. The Morgan fingerprint density at radius 2 is 1.43 bits per heavy atom. The Morgan fingerprint density at radius 1 is 0.714 bits per heavy atom. The van der Waals surface area contributed by atoms with E-state index in [0.717, 1.165) is 45.3 Å². The fourth-order valence-electron chi connectivity index (χ4n) is 4.95. The van der Waals surface area contributed by atoms with Crippen LogP contribution in [0.2, 0.25) is 0 Å². The van der Waals surface area contributed by atoms with Gasteiger partial charge in [-0.2, -0.15) is 0 Å². The van der Waals surface area contributed by atoms with Gasteiger partial charge in [-0.05, 0) is 36.2 Å².